The second-order valence-corrected chi connectivity index (χ2v) is 26.3. The molecule has 4 fully saturated rings. The number of ketones is 2. The van der Waals surface area contributed by atoms with Crippen LogP contribution >= 0.6 is 10.0 Å². The Bertz CT molecular complexity index is 1540. The lowest BCUT2D eigenvalue weighted by Crippen LogP contribution is -2.83. The zero-order valence-corrected chi connectivity index (χ0v) is 36.3. The zero-order chi connectivity index (χ0) is 40.1. The molecular weight excluding hydrogens is 725 g/mol. The Labute approximate surface area is 325 Å². The second kappa shape index (κ2) is 15.7. The first-order valence-electron chi connectivity index (χ1n) is 20.3. The Morgan fingerprint density at radius 3 is 2.06 bits per heavy atom. The lowest BCUT2D eigenvalue weighted by Gasteiger charge is -2.68. The van der Waals surface area contributed by atoms with Crippen LogP contribution in [0.3, 0.4) is 0 Å². The van der Waals surface area contributed by atoms with Crippen molar-refractivity contribution in [3.8, 4) is 0 Å². The summed E-state index contributed by atoms with van der Waals surface area (Å²) in [6.07, 6.45) is -3.36. The Morgan fingerprint density at radius 1 is 0.963 bits per heavy atom. The standard InChI is InChI=1S/C42H66O10SSi/c1-12-53(13-2,14-3)26-49-30-24-42(47)37(50-38(46)29-21-19-18-20-22-29)35-40(11,36(45)34(44)33(27(30)7)39(42,9)10)31(52-54(15-4,16-5)17-6)23-32-41(35,25-48-32)51-28(8)43/h18-22,27,30-33,35,37,47H,12-17,23-26H2,1-11H3. The van der Waals surface area contributed by atoms with E-state index in [1.165, 1.54) is 6.92 Å². The number of ether oxygens (including phenoxy) is 4. The van der Waals surface area contributed by atoms with Crippen molar-refractivity contribution in [1.29, 1.82) is 0 Å². The fraction of sp³-hybridized carbons (Fsp3) is 0.762. The molecule has 5 rings (SSSR count). The van der Waals surface area contributed by atoms with Crippen LogP contribution in [0.2, 0.25) is 18.1 Å². The number of esters is 2. The minimum absolute atomic E-state index is 0.0376. The molecular formula is C42H66O10SSi. The van der Waals surface area contributed by atoms with Gasteiger partial charge in [-0.25, -0.2) is 14.8 Å². The van der Waals surface area contributed by atoms with E-state index in [-0.39, 0.29) is 25.0 Å². The van der Waals surface area contributed by atoms with Crippen LogP contribution in [0.1, 0.15) is 99.4 Å². The summed E-state index contributed by atoms with van der Waals surface area (Å²) in [6, 6.07) is 10.9. The molecule has 1 saturated heterocycles. The van der Waals surface area contributed by atoms with Gasteiger partial charge < -0.3 is 28.5 Å². The maximum Gasteiger partial charge on any atom is 0.338 e. The zero-order valence-electron chi connectivity index (χ0n) is 34.5. The molecule has 0 spiro atoms. The van der Waals surface area contributed by atoms with E-state index in [0.29, 0.717) is 5.94 Å². The van der Waals surface area contributed by atoms with E-state index in [9.17, 15) is 14.7 Å². The van der Waals surface area contributed by atoms with E-state index in [4.69, 9.17) is 23.4 Å². The molecule has 1 aromatic rings. The van der Waals surface area contributed by atoms with Gasteiger partial charge in [0.15, 0.2) is 13.9 Å². The van der Waals surface area contributed by atoms with Crippen LogP contribution < -0.4 is 0 Å². The third kappa shape index (κ3) is 6.66. The topological polar surface area (TPSA) is 135 Å². The minimum Gasteiger partial charge on any atom is -0.455 e. The molecule has 3 aliphatic carbocycles. The van der Waals surface area contributed by atoms with Gasteiger partial charge in [-0.2, -0.15) is 0 Å². The third-order valence-corrected chi connectivity index (χ3v) is 23.8. The lowest BCUT2D eigenvalue weighted by molar-refractivity contribution is -0.349. The van der Waals surface area contributed by atoms with Gasteiger partial charge in [0.2, 0.25) is 11.6 Å². The molecule has 3 saturated carbocycles. The predicted octanol–water partition coefficient (Wildman–Crippen LogP) is 7.10. The maximum atomic E-state index is 15.6. The quantitative estimate of drug-likeness (QED) is 0.118. The number of rotatable bonds is 14. The van der Waals surface area contributed by atoms with Gasteiger partial charge in [0, 0.05) is 31.1 Å². The van der Waals surface area contributed by atoms with Crippen LogP contribution in [-0.2, 0) is 37.8 Å². The molecule has 54 heavy (non-hydrogen) atoms. The van der Waals surface area contributed by atoms with Crippen molar-refractivity contribution in [2.75, 3.05) is 29.8 Å². The number of benzene rings is 1. The summed E-state index contributed by atoms with van der Waals surface area (Å²) in [6.45, 7) is 21.3. The van der Waals surface area contributed by atoms with Gasteiger partial charge >= 0.3 is 11.9 Å². The molecule has 10 atom stereocenters. The van der Waals surface area contributed by atoms with E-state index in [1.54, 1.807) is 51.1 Å². The van der Waals surface area contributed by atoms with Gasteiger partial charge in [0.25, 0.3) is 0 Å². The van der Waals surface area contributed by atoms with E-state index in [1.807, 2.05) is 6.92 Å². The average Bonchev–Trinajstić information content (AvgIpc) is 3.15. The molecule has 0 aromatic heterocycles. The highest BCUT2D eigenvalue weighted by molar-refractivity contribution is 8.33. The summed E-state index contributed by atoms with van der Waals surface area (Å²) in [5, 5.41) is 13.7. The number of carbonyl (C=O) groups is 4. The number of Topliss-reactive ketones (excluding diaryl/α,β-unsaturated/α-hetero) is 2. The number of carbonyl (C=O) groups excluding carboxylic acids is 4. The molecule has 0 amide bonds. The summed E-state index contributed by atoms with van der Waals surface area (Å²) in [5.41, 5.74) is -6.09. The molecule has 4 aliphatic rings. The first kappa shape index (κ1) is 43.0. The van der Waals surface area contributed by atoms with Crippen LogP contribution in [0.25, 0.3) is 0 Å². The monoisotopic (exact) mass is 790 g/mol. The molecule has 10 unspecified atom stereocenters. The summed E-state index contributed by atoms with van der Waals surface area (Å²) < 4.78 is 33.2. The number of hydrogen-bond acceptors (Lipinski definition) is 10. The fourth-order valence-corrected chi connectivity index (χ4v) is 15.8. The SMILES string of the molecule is CC[Si](CC)(CC)OC1CC2OCC2(OC(C)=O)C2C(OC(=O)c3ccccc3)C3(O)CC(OCS(CC)(CC)CC)C(C)C(C(=O)C(=O)C12C)C3(C)C. The Morgan fingerprint density at radius 2 is 1.56 bits per heavy atom. The van der Waals surface area contributed by atoms with Gasteiger partial charge in [-0.05, 0) is 60.4 Å². The Kier molecular flexibility index (Phi) is 12.5. The third-order valence-electron chi connectivity index (χ3n) is 14.9. The van der Waals surface area contributed by atoms with E-state index < -0.39 is 106 Å². The van der Waals surface area contributed by atoms with Gasteiger partial charge in [-0.15, -0.1) is 0 Å². The summed E-state index contributed by atoms with van der Waals surface area (Å²) >= 11 is 0. The van der Waals surface area contributed by atoms with Crippen molar-refractivity contribution in [3.05, 3.63) is 35.9 Å². The summed E-state index contributed by atoms with van der Waals surface area (Å²) in [5.74, 6) is -1.72. The molecule has 10 nitrogen and oxygen atoms in total. The van der Waals surface area contributed by atoms with Crippen molar-refractivity contribution >= 4 is 41.9 Å². The number of aliphatic hydroxyl groups is 1. The van der Waals surface area contributed by atoms with Crippen LogP contribution in [0.15, 0.2) is 30.3 Å². The molecule has 1 aliphatic heterocycles. The second-order valence-electron chi connectivity index (χ2n) is 17.2. The fourth-order valence-electron chi connectivity index (χ4n) is 10.7. The summed E-state index contributed by atoms with van der Waals surface area (Å²) in [7, 11) is -3.59. The number of hydrogen-bond donors (Lipinski definition) is 1. The van der Waals surface area contributed by atoms with E-state index in [0.717, 1.165) is 35.4 Å². The molecule has 1 N–H and O–H groups in total. The van der Waals surface area contributed by atoms with Gasteiger partial charge in [0.1, 0.15) is 17.8 Å². The average molecular weight is 791 g/mol. The highest BCUT2D eigenvalue weighted by Crippen LogP contribution is 2.65. The van der Waals surface area contributed by atoms with Crippen molar-refractivity contribution in [3.63, 3.8) is 0 Å². The Hall–Kier alpha value is -2.09. The normalized spacial score (nSPS) is 36.5. The predicted molar refractivity (Wildman–Crippen MR) is 213 cm³/mol. The van der Waals surface area contributed by atoms with Crippen molar-refractivity contribution in [2.45, 2.75) is 143 Å². The van der Waals surface area contributed by atoms with Gasteiger partial charge in [-0.1, -0.05) is 80.5 Å². The lowest BCUT2D eigenvalue weighted by atomic mass is 9.42. The van der Waals surface area contributed by atoms with E-state index in [2.05, 4.69) is 41.5 Å². The highest BCUT2D eigenvalue weighted by Gasteiger charge is 2.79. The maximum absolute atomic E-state index is 15.6. The van der Waals surface area contributed by atoms with Crippen LogP contribution in [-0.4, -0.2) is 102 Å². The minimum atomic E-state index is -2.45. The largest absolute Gasteiger partial charge is 0.455 e. The summed E-state index contributed by atoms with van der Waals surface area (Å²) in [4.78, 5) is 58.3. The molecule has 2 bridgehead atoms. The van der Waals surface area contributed by atoms with Crippen molar-refractivity contribution in [2.24, 2.45) is 28.6 Å². The van der Waals surface area contributed by atoms with Crippen LogP contribution in [0.4, 0.5) is 0 Å². The van der Waals surface area contributed by atoms with E-state index >= 15 is 9.59 Å². The van der Waals surface area contributed by atoms with Crippen LogP contribution in [0, 0.1) is 28.6 Å². The smallest absolute Gasteiger partial charge is 0.338 e. The van der Waals surface area contributed by atoms with Gasteiger partial charge in [0.05, 0.1) is 41.7 Å². The van der Waals surface area contributed by atoms with Crippen molar-refractivity contribution < 1.29 is 47.7 Å². The molecule has 0 radical (unpaired) electrons. The first-order valence-corrected chi connectivity index (χ1v) is 25.1. The van der Waals surface area contributed by atoms with Crippen LogP contribution in [0.5, 0.6) is 0 Å². The highest BCUT2D eigenvalue weighted by atomic mass is 32.3. The van der Waals surface area contributed by atoms with Crippen molar-refractivity contribution in [1.82, 2.24) is 0 Å². The Balaban J connectivity index is 1.80. The number of fused-ring (bicyclic) bond motifs is 5. The van der Waals surface area contributed by atoms with Gasteiger partial charge in [-0.3, -0.25) is 14.4 Å². The molecule has 12 heteroatoms. The molecule has 1 aromatic carbocycles. The molecule has 1 heterocycles. The molecule has 304 valence electrons. The first-order chi connectivity index (χ1) is 25.4.